The third-order valence-electron chi connectivity index (χ3n) is 4.50. The van der Waals surface area contributed by atoms with Crippen molar-refractivity contribution in [2.45, 2.75) is 39.5 Å². The van der Waals surface area contributed by atoms with Crippen molar-refractivity contribution in [2.24, 2.45) is 0 Å². The molecule has 0 fully saturated rings. The number of hydrogen-bond donors (Lipinski definition) is 0. The maximum Gasteiger partial charge on any atom is 0.131 e. The van der Waals surface area contributed by atoms with Crippen molar-refractivity contribution in [1.29, 1.82) is 0 Å². The standard InChI is InChI=1S/C22H23F/c1-14(2)19-12-21(22(23)13-20(19)15(3)4)18-11-7-9-16-8-5-6-10-17(16)18/h5-15H,1-4H3. The van der Waals surface area contributed by atoms with Crippen LogP contribution in [0, 0.1) is 5.82 Å². The van der Waals surface area contributed by atoms with E-state index in [1.807, 2.05) is 24.3 Å². The molecule has 0 heterocycles. The highest BCUT2D eigenvalue weighted by Crippen LogP contribution is 2.36. The molecule has 0 aliphatic carbocycles. The molecule has 0 aliphatic heterocycles. The van der Waals surface area contributed by atoms with Gasteiger partial charge in [0.25, 0.3) is 0 Å². The maximum absolute atomic E-state index is 14.9. The van der Waals surface area contributed by atoms with Crippen LogP contribution < -0.4 is 0 Å². The Morgan fingerprint density at radius 1 is 0.696 bits per heavy atom. The van der Waals surface area contributed by atoms with Crippen molar-refractivity contribution >= 4 is 10.8 Å². The van der Waals surface area contributed by atoms with Crippen LogP contribution in [0.1, 0.15) is 50.7 Å². The van der Waals surface area contributed by atoms with Gasteiger partial charge in [-0.3, -0.25) is 0 Å². The number of rotatable bonds is 3. The monoisotopic (exact) mass is 306 g/mol. The van der Waals surface area contributed by atoms with E-state index in [9.17, 15) is 4.39 Å². The molecule has 1 heteroatoms. The lowest BCUT2D eigenvalue weighted by molar-refractivity contribution is 0.623. The third kappa shape index (κ3) is 2.88. The molecule has 0 aromatic heterocycles. The van der Waals surface area contributed by atoms with E-state index in [4.69, 9.17) is 0 Å². The van der Waals surface area contributed by atoms with Crippen molar-refractivity contribution in [1.82, 2.24) is 0 Å². The minimum absolute atomic E-state index is 0.130. The van der Waals surface area contributed by atoms with E-state index < -0.39 is 0 Å². The Bertz CT molecular complexity index is 838. The highest BCUT2D eigenvalue weighted by molar-refractivity contribution is 5.96. The van der Waals surface area contributed by atoms with E-state index in [1.165, 1.54) is 5.56 Å². The molecule has 0 nitrogen and oxygen atoms in total. The Morgan fingerprint density at radius 3 is 2.00 bits per heavy atom. The van der Waals surface area contributed by atoms with Crippen molar-refractivity contribution in [3.8, 4) is 11.1 Å². The molecule has 3 rings (SSSR count). The molecule has 0 bridgehead atoms. The fourth-order valence-corrected chi connectivity index (χ4v) is 3.27. The number of benzene rings is 3. The third-order valence-corrected chi connectivity index (χ3v) is 4.50. The van der Waals surface area contributed by atoms with Crippen LogP contribution in [0.4, 0.5) is 4.39 Å². The zero-order valence-corrected chi connectivity index (χ0v) is 14.2. The molecule has 0 saturated carbocycles. The Labute approximate surface area is 138 Å². The zero-order valence-electron chi connectivity index (χ0n) is 14.2. The molecular formula is C22H23F. The van der Waals surface area contributed by atoms with Crippen LogP contribution in [0.25, 0.3) is 21.9 Å². The van der Waals surface area contributed by atoms with E-state index in [0.717, 1.165) is 21.9 Å². The highest BCUT2D eigenvalue weighted by Gasteiger charge is 2.16. The number of fused-ring (bicyclic) bond motifs is 1. The first kappa shape index (κ1) is 15.7. The quantitative estimate of drug-likeness (QED) is 0.494. The molecule has 0 unspecified atom stereocenters. The molecule has 3 aromatic rings. The van der Waals surface area contributed by atoms with Gasteiger partial charge in [-0.1, -0.05) is 70.2 Å². The molecular weight excluding hydrogens is 283 g/mol. The molecule has 0 aliphatic rings. The normalized spacial score (nSPS) is 11.6. The largest absolute Gasteiger partial charge is 0.206 e. The first-order valence-electron chi connectivity index (χ1n) is 8.30. The van der Waals surface area contributed by atoms with Gasteiger partial charge in [0.15, 0.2) is 0 Å². The van der Waals surface area contributed by atoms with Gasteiger partial charge in [0.2, 0.25) is 0 Å². The molecule has 0 radical (unpaired) electrons. The fourth-order valence-electron chi connectivity index (χ4n) is 3.27. The average Bonchev–Trinajstić information content (AvgIpc) is 2.54. The van der Waals surface area contributed by atoms with Crippen LogP contribution in [-0.4, -0.2) is 0 Å². The second-order valence-corrected chi connectivity index (χ2v) is 6.80. The summed E-state index contributed by atoms with van der Waals surface area (Å²) in [5.74, 6) is 0.569. The fraction of sp³-hybridized carbons (Fsp3) is 0.273. The summed E-state index contributed by atoms with van der Waals surface area (Å²) in [6, 6.07) is 18.0. The maximum atomic E-state index is 14.9. The highest BCUT2D eigenvalue weighted by atomic mass is 19.1. The lowest BCUT2D eigenvalue weighted by Crippen LogP contribution is -2.01. The first-order chi connectivity index (χ1) is 11.0. The number of hydrogen-bond acceptors (Lipinski definition) is 0. The van der Waals surface area contributed by atoms with Crippen LogP contribution in [0.3, 0.4) is 0 Å². The van der Waals surface area contributed by atoms with Crippen LogP contribution in [0.2, 0.25) is 0 Å². The van der Waals surface area contributed by atoms with Crippen molar-refractivity contribution < 1.29 is 4.39 Å². The van der Waals surface area contributed by atoms with Gasteiger partial charge in [-0.15, -0.1) is 0 Å². The summed E-state index contributed by atoms with van der Waals surface area (Å²) in [6.07, 6.45) is 0. The van der Waals surface area contributed by atoms with Gasteiger partial charge in [0, 0.05) is 5.56 Å². The molecule has 23 heavy (non-hydrogen) atoms. The summed E-state index contributed by atoms with van der Waals surface area (Å²) in [4.78, 5) is 0. The second-order valence-electron chi connectivity index (χ2n) is 6.80. The van der Waals surface area contributed by atoms with E-state index >= 15 is 0 Å². The van der Waals surface area contributed by atoms with E-state index in [1.54, 1.807) is 6.07 Å². The van der Waals surface area contributed by atoms with Gasteiger partial charge in [-0.25, -0.2) is 4.39 Å². The van der Waals surface area contributed by atoms with Gasteiger partial charge >= 0.3 is 0 Å². The van der Waals surface area contributed by atoms with E-state index in [-0.39, 0.29) is 5.82 Å². The average molecular weight is 306 g/mol. The summed E-state index contributed by atoms with van der Waals surface area (Å²) in [5, 5.41) is 2.24. The van der Waals surface area contributed by atoms with Gasteiger partial charge in [-0.05, 0) is 51.4 Å². The lowest BCUT2D eigenvalue weighted by atomic mass is 9.86. The summed E-state index contributed by atoms with van der Waals surface area (Å²) >= 11 is 0. The molecule has 0 amide bonds. The van der Waals surface area contributed by atoms with Crippen molar-refractivity contribution in [3.05, 3.63) is 71.5 Å². The Hall–Kier alpha value is -2.15. The van der Waals surface area contributed by atoms with Gasteiger partial charge in [0.05, 0.1) is 0 Å². The SMILES string of the molecule is CC(C)c1cc(F)c(-c2cccc3ccccc23)cc1C(C)C. The van der Waals surface area contributed by atoms with Gasteiger partial charge < -0.3 is 0 Å². The summed E-state index contributed by atoms with van der Waals surface area (Å²) in [6.45, 7) is 8.59. The molecule has 0 spiro atoms. The predicted molar refractivity (Wildman–Crippen MR) is 97.5 cm³/mol. The minimum atomic E-state index is -0.130. The van der Waals surface area contributed by atoms with Crippen LogP contribution >= 0.6 is 0 Å². The van der Waals surface area contributed by atoms with Gasteiger partial charge in [-0.2, -0.15) is 0 Å². The van der Waals surface area contributed by atoms with E-state index in [0.29, 0.717) is 17.4 Å². The van der Waals surface area contributed by atoms with E-state index in [2.05, 4.69) is 52.0 Å². The molecule has 0 saturated heterocycles. The molecule has 0 atom stereocenters. The lowest BCUT2D eigenvalue weighted by Gasteiger charge is -2.19. The minimum Gasteiger partial charge on any atom is -0.206 e. The molecule has 0 N–H and O–H groups in total. The summed E-state index contributed by atoms with van der Waals surface area (Å²) in [5.41, 5.74) is 4.03. The van der Waals surface area contributed by atoms with Crippen molar-refractivity contribution in [3.63, 3.8) is 0 Å². The smallest absolute Gasteiger partial charge is 0.131 e. The van der Waals surface area contributed by atoms with Crippen LogP contribution in [0.15, 0.2) is 54.6 Å². The Balaban J connectivity index is 2.29. The second kappa shape index (κ2) is 6.16. The first-order valence-corrected chi connectivity index (χ1v) is 8.30. The van der Waals surface area contributed by atoms with Crippen LogP contribution in [0.5, 0.6) is 0 Å². The summed E-state index contributed by atoms with van der Waals surface area (Å²) in [7, 11) is 0. The Kier molecular flexibility index (Phi) is 4.21. The molecule has 3 aromatic carbocycles. The predicted octanol–water partition coefficient (Wildman–Crippen LogP) is 6.89. The zero-order chi connectivity index (χ0) is 16.6. The molecule has 118 valence electrons. The van der Waals surface area contributed by atoms with Crippen LogP contribution in [-0.2, 0) is 0 Å². The summed E-state index contributed by atoms with van der Waals surface area (Å²) < 4.78 is 14.9. The Morgan fingerprint density at radius 2 is 1.30 bits per heavy atom. The topological polar surface area (TPSA) is 0 Å². The van der Waals surface area contributed by atoms with Gasteiger partial charge in [0.1, 0.15) is 5.82 Å². The number of halogens is 1. The van der Waals surface area contributed by atoms with Crippen molar-refractivity contribution in [2.75, 3.05) is 0 Å².